The first-order valence-corrected chi connectivity index (χ1v) is 8.24. The van der Waals surface area contributed by atoms with E-state index in [4.69, 9.17) is 4.74 Å². The van der Waals surface area contributed by atoms with E-state index in [1.165, 1.54) is 17.7 Å². The number of hydrogen-bond acceptors (Lipinski definition) is 2. The molecular weight excluding hydrogens is 417 g/mol. The number of aryl methyl sites for hydroxylation is 1. The molecule has 0 aliphatic heterocycles. The van der Waals surface area contributed by atoms with Crippen molar-refractivity contribution in [3.05, 3.63) is 56.7 Å². The molecule has 2 aromatic carbocycles. The van der Waals surface area contributed by atoms with Crippen LogP contribution in [0.15, 0.2) is 45.3 Å². The molecular formula is C16H14Br2FNO2. The highest BCUT2D eigenvalue weighted by Gasteiger charge is 2.09. The summed E-state index contributed by atoms with van der Waals surface area (Å²) in [5, 5.41) is 2.47. The number of anilines is 1. The largest absolute Gasteiger partial charge is 0.483 e. The van der Waals surface area contributed by atoms with Crippen molar-refractivity contribution < 1.29 is 13.9 Å². The number of hydrogen-bond donors (Lipinski definition) is 1. The molecule has 3 nitrogen and oxygen atoms in total. The van der Waals surface area contributed by atoms with Crippen LogP contribution < -0.4 is 10.1 Å². The lowest BCUT2D eigenvalue weighted by Gasteiger charge is -2.10. The molecule has 0 bridgehead atoms. The minimum Gasteiger partial charge on any atom is -0.483 e. The fraction of sp³-hybridized carbons (Fsp3) is 0.188. The van der Waals surface area contributed by atoms with Crippen LogP contribution in [-0.4, -0.2) is 12.5 Å². The summed E-state index contributed by atoms with van der Waals surface area (Å²) in [7, 11) is 0. The molecule has 0 fully saturated rings. The van der Waals surface area contributed by atoms with Gasteiger partial charge in [0.1, 0.15) is 11.6 Å². The number of ether oxygens (including phenoxy) is 1. The first-order valence-electron chi connectivity index (χ1n) is 6.65. The molecule has 116 valence electrons. The highest BCUT2D eigenvalue weighted by Crippen LogP contribution is 2.26. The Morgan fingerprint density at radius 1 is 1.23 bits per heavy atom. The van der Waals surface area contributed by atoms with Gasteiger partial charge in [0.25, 0.3) is 5.91 Å². The normalized spacial score (nSPS) is 10.4. The van der Waals surface area contributed by atoms with Gasteiger partial charge in [-0.05, 0) is 58.2 Å². The van der Waals surface area contributed by atoms with Crippen molar-refractivity contribution in [3.8, 4) is 5.75 Å². The first-order chi connectivity index (χ1) is 10.5. The van der Waals surface area contributed by atoms with Crippen molar-refractivity contribution in [1.82, 2.24) is 0 Å². The lowest BCUT2D eigenvalue weighted by Crippen LogP contribution is -2.20. The number of carbonyl (C=O) groups excluding carboxylic acids is 1. The van der Waals surface area contributed by atoms with Gasteiger partial charge < -0.3 is 10.1 Å². The van der Waals surface area contributed by atoms with Crippen molar-refractivity contribution >= 4 is 43.5 Å². The Morgan fingerprint density at radius 2 is 2.00 bits per heavy atom. The van der Waals surface area contributed by atoms with Gasteiger partial charge in [-0.3, -0.25) is 4.79 Å². The fourth-order valence-electron chi connectivity index (χ4n) is 1.80. The zero-order valence-electron chi connectivity index (χ0n) is 11.8. The summed E-state index contributed by atoms with van der Waals surface area (Å²) in [6.45, 7) is 1.86. The zero-order chi connectivity index (χ0) is 16.1. The van der Waals surface area contributed by atoms with Gasteiger partial charge in [-0.25, -0.2) is 4.39 Å². The van der Waals surface area contributed by atoms with Crippen molar-refractivity contribution in [3.63, 3.8) is 0 Å². The Hall–Kier alpha value is -1.40. The van der Waals surface area contributed by atoms with E-state index in [0.29, 0.717) is 10.2 Å². The van der Waals surface area contributed by atoms with Crippen molar-refractivity contribution in [1.29, 1.82) is 0 Å². The third kappa shape index (κ3) is 4.55. The van der Waals surface area contributed by atoms with Crippen LogP contribution in [0.1, 0.15) is 12.5 Å². The summed E-state index contributed by atoms with van der Waals surface area (Å²) >= 11 is 6.56. The summed E-state index contributed by atoms with van der Waals surface area (Å²) in [5.74, 6) is -0.354. The standard InChI is InChI=1S/C16H14Br2FNO2/c1-2-10-3-6-15(12(18)7-10)22-9-16(21)20-14-5-4-11(17)8-13(14)19/h3-8H,2,9H2,1H3,(H,20,21). The predicted octanol–water partition coefficient (Wildman–Crippen LogP) is 4.93. The van der Waals surface area contributed by atoms with Gasteiger partial charge in [0.15, 0.2) is 6.61 Å². The Morgan fingerprint density at radius 3 is 2.64 bits per heavy atom. The SMILES string of the molecule is CCc1ccc(OCC(=O)Nc2ccc(Br)cc2F)c(Br)c1. The minimum atomic E-state index is -0.504. The third-order valence-corrected chi connectivity index (χ3v) is 4.08. The van der Waals surface area contributed by atoms with E-state index >= 15 is 0 Å². The van der Waals surface area contributed by atoms with Gasteiger partial charge in [0.2, 0.25) is 0 Å². The monoisotopic (exact) mass is 429 g/mol. The van der Waals surface area contributed by atoms with Gasteiger partial charge in [-0.15, -0.1) is 0 Å². The highest BCUT2D eigenvalue weighted by molar-refractivity contribution is 9.10. The van der Waals surface area contributed by atoms with Crippen LogP contribution in [0.25, 0.3) is 0 Å². The zero-order valence-corrected chi connectivity index (χ0v) is 15.0. The van der Waals surface area contributed by atoms with Crippen LogP contribution in [0.2, 0.25) is 0 Å². The topological polar surface area (TPSA) is 38.3 Å². The average molecular weight is 431 g/mol. The van der Waals surface area contributed by atoms with Crippen LogP contribution in [0.3, 0.4) is 0 Å². The van der Waals surface area contributed by atoms with E-state index < -0.39 is 11.7 Å². The number of halogens is 3. The van der Waals surface area contributed by atoms with Gasteiger partial charge in [0, 0.05) is 4.47 Å². The van der Waals surface area contributed by atoms with E-state index in [2.05, 4.69) is 44.1 Å². The Kier molecular flexibility index (Phi) is 5.97. The van der Waals surface area contributed by atoms with Crippen LogP contribution in [-0.2, 0) is 11.2 Å². The second-order valence-corrected chi connectivity index (χ2v) is 6.35. The molecule has 1 amide bonds. The summed E-state index contributed by atoms with van der Waals surface area (Å²) in [5.41, 5.74) is 1.29. The van der Waals surface area contributed by atoms with Gasteiger partial charge in [-0.2, -0.15) is 0 Å². The third-order valence-electron chi connectivity index (χ3n) is 2.97. The molecule has 22 heavy (non-hydrogen) atoms. The number of amides is 1. The second kappa shape index (κ2) is 7.74. The van der Waals surface area contributed by atoms with E-state index in [1.807, 2.05) is 12.1 Å². The molecule has 0 spiro atoms. The van der Waals surface area contributed by atoms with Gasteiger partial charge >= 0.3 is 0 Å². The molecule has 1 N–H and O–H groups in total. The molecule has 0 aliphatic rings. The summed E-state index contributed by atoms with van der Waals surface area (Å²) in [6, 6.07) is 10.1. The van der Waals surface area contributed by atoms with Crippen molar-refractivity contribution in [2.24, 2.45) is 0 Å². The molecule has 0 heterocycles. The van der Waals surface area contributed by atoms with Crippen molar-refractivity contribution in [2.45, 2.75) is 13.3 Å². The molecule has 0 atom stereocenters. The molecule has 0 unspecified atom stereocenters. The number of nitrogens with one attached hydrogen (secondary N) is 1. The smallest absolute Gasteiger partial charge is 0.262 e. The molecule has 2 rings (SSSR count). The minimum absolute atomic E-state index is 0.122. The molecule has 0 radical (unpaired) electrons. The maximum atomic E-state index is 13.6. The average Bonchev–Trinajstić information content (AvgIpc) is 2.48. The molecule has 0 saturated heterocycles. The van der Waals surface area contributed by atoms with Gasteiger partial charge in [-0.1, -0.05) is 28.9 Å². The fourth-order valence-corrected chi connectivity index (χ4v) is 2.68. The summed E-state index contributed by atoms with van der Waals surface area (Å²) in [6.07, 6.45) is 0.919. The van der Waals surface area contributed by atoms with Crippen LogP contribution >= 0.6 is 31.9 Å². The Bertz CT molecular complexity index is 692. The van der Waals surface area contributed by atoms with Crippen LogP contribution in [0, 0.1) is 5.82 Å². The van der Waals surface area contributed by atoms with E-state index in [0.717, 1.165) is 10.9 Å². The Balaban J connectivity index is 1.95. The predicted molar refractivity (Wildman–Crippen MR) is 91.7 cm³/mol. The maximum absolute atomic E-state index is 13.6. The number of benzene rings is 2. The van der Waals surface area contributed by atoms with E-state index in [-0.39, 0.29) is 12.3 Å². The van der Waals surface area contributed by atoms with E-state index in [1.54, 1.807) is 12.1 Å². The van der Waals surface area contributed by atoms with Crippen LogP contribution in [0.4, 0.5) is 10.1 Å². The lowest BCUT2D eigenvalue weighted by molar-refractivity contribution is -0.118. The van der Waals surface area contributed by atoms with E-state index in [9.17, 15) is 9.18 Å². The molecule has 0 aromatic heterocycles. The highest BCUT2D eigenvalue weighted by atomic mass is 79.9. The Labute approximate surface area is 145 Å². The van der Waals surface area contributed by atoms with Crippen LogP contribution in [0.5, 0.6) is 5.75 Å². The number of rotatable bonds is 5. The molecule has 0 aliphatic carbocycles. The maximum Gasteiger partial charge on any atom is 0.262 e. The second-order valence-electron chi connectivity index (χ2n) is 4.58. The number of carbonyl (C=O) groups is 1. The quantitative estimate of drug-likeness (QED) is 0.730. The lowest BCUT2D eigenvalue weighted by atomic mass is 10.2. The summed E-state index contributed by atoms with van der Waals surface area (Å²) < 4.78 is 20.5. The molecule has 6 heteroatoms. The molecule has 2 aromatic rings. The van der Waals surface area contributed by atoms with Gasteiger partial charge in [0.05, 0.1) is 10.2 Å². The summed E-state index contributed by atoms with van der Waals surface area (Å²) in [4.78, 5) is 11.8. The molecule has 0 saturated carbocycles. The van der Waals surface area contributed by atoms with Crippen molar-refractivity contribution in [2.75, 3.05) is 11.9 Å². The first kappa shape index (κ1) is 17.0.